The van der Waals surface area contributed by atoms with E-state index in [1.807, 2.05) is 16.7 Å². The second-order valence-corrected chi connectivity index (χ2v) is 6.84. The molecule has 4 heterocycles. The molecule has 0 amide bonds. The lowest BCUT2D eigenvalue weighted by atomic mass is 9.94. The largest absolute Gasteiger partial charge is 0.396 e. The highest BCUT2D eigenvalue weighted by Gasteiger charge is 2.32. The van der Waals surface area contributed by atoms with Crippen molar-refractivity contribution in [2.45, 2.75) is 37.8 Å². The third-order valence-electron chi connectivity index (χ3n) is 4.98. The monoisotopic (exact) mass is 357 g/mol. The Balaban J connectivity index is 1.91. The summed E-state index contributed by atoms with van der Waals surface area (Å²) in [5, 5.41) is 20.3. The molecule has 4 rings (SSSR count). The van der Waals surface area contributed by atoms with Gasteiger partial charge in [-0.05, 0) is 18.6 Å². The molecule has 4 N–H and O–H groups in total. The van der Waals surface area contributed by atoms with Gasteiger partial charge in [-0.15, -0.1) is 0 Å². The van der Waals surface area contributed by atoms with Crippen molar-refractivity contribution in [2.24, 2.45) is 0 Å². The summed E-state index contributed by atoms with van der Waals surface area (Å²) < 4.78 is 7.40. The number of hydrogen-bond donors (Lipinski definition) is 3. The molecule has 0 radical (unpaired) electrons. The van der Waals surface area contributed by atoms with Gasteiger partial charge in [0.05, 0.1) is 17.7 Å². The Morgan fingerprint density at radius 3 is 2.81 bits per heavy atom. The van der Waals surface area contributed by atoms with Crippen molar-refractivity contribution in [3.05, 3.63) is 24.2 Å². The van der Waals surface area contributed by atoms with Crippen LogP contribution in [0.4, 0.5) is 5.82 Å². The maximum atomic E-state index is 11.0. The minimum atomic E-state index is -0.862. The number of nitrogens with zero attached hydrogens (tertiary/aromatic N) is 4. The molecule has 0 aliphatic carbocycles. The lowest BCUT2D eigenvalue weighted by molar-refractivity contribution is -0.0725. The summed E-state index contributed by atoms with van der Waals surface area (Å²) in [6, 6.07) is 3.69. The van der Waals surface area contributed by atoms with Crippen LogP contribution in [0.3, 0.4) is 0 Å². The van der Waals surface area contributed by atoms with Crippen molar-refractivity contribution in [1.29, 1.82) is 0 Å². The van der Waals surface area contributed by atoms with E-state index in [0.717, 1.165) is 16.9 Å². The van der Waals surface area contributed by atoms with Crippen LogP contribution >= 0.6 is 0 Å². The van der Waals surface area contributed by atoms with E-state index in [1.54, 1.807) is 6.20 Å². The van der Waals surface area contributed by atoms with Crippen LogP contribution in [0.5, 0.6) is 0 Å². The zero-order valence-corrected chi connectivity index (χ0v) is 14.6. The average molecular weight is 357 g/mol. The number of hydrogen-bond acceptors (Lipinski definition) is 7. The number of imidazole rings is 1. The Hall–Kier alpha value is -2.29. The van der Waals surface area contributed by atoms with Crippen LogP contribution in [-0.4, -0.2) is 55.2 Å². The summed E-state index contributed by atoms with van der Waals surface area (Å²) >= 11 is 0. The Bertz CT molecular complexity index is 933. The van der Waals surface area contributed by atoms with Gasteiger partial charge in [0.15, 0.2) is 5.82 Å². The van der Waals surface area contributed by atoms with Crippen molar-refractivity contribution in [3.8, 4) is 0 Å². The lowest BCUT2D eigenvalue weighted by Crippen LogP contribution is -2.40. The van der Waals surface area contributed by atoms with E-state index in [2.05, 4.69) is 15.0 Å². The fourth-order valence-electron chi connectivity index (χ4n) is 3.57. The van der Waals surface area contributed by atoms with Gasteiger partial charge >= 0.3 is 0 Å². The molecule has 8 nitrogen and oxygen atoms in total. The van der Waals surface area contributed by atoms with E-state index >= 15 is 0 Å². The Labute approximate surface area is 150 Å². The number of aliphatic hydroxyl groups is 2. The number of rotatable bonds is 5. The van der Waals surface area contributed by atoms with E-state index in [-0.39, 0.29) is 6.61 Å². The molecule has 1 saturated heterocycles. The van der Waals surface area contributed by atoms with E-state index in [1.165, 1.54) is 0 Å². The summed E-state index contributed by atoms with van der Waals surface area (Å²) in [5.41, 5.74) is 8.10. The fraction of sp³-hybridized carbons (Fsp3) is 0.500. The summed E-state index contributed by atoms with van der Waals surface area (Å²) in [7, 11) is 0. The molecule has 1 aliphatic rings. The standard InChI is InChI=1S/C18H23N5O3/c19-17-15-16(14-12(21-17)3-1-7-20-14)23(13(22-15)4-2-8-24)11-18(25)5-9-26-10-6-18/h1,3,7,24-25H,2,4-6,8-11H2,(H2,19,21). The number of aliphatic hydroxyl groups excluding tert-OH is 1. The molecule has 1 fully saturated rings. The van der Waals surface area contributed by atoms with E-state index in [4.69, 9.17) is 10.5 Å². The van der Waals surface area contributed by atoms with Crippen molar-refractivity contribution < 1.29 is 14.9 Å². The molecular formula is C18H23N5O3. The number of nitrogen functional groups attached to an aromatic ring is 1. The SMILES string of the molecule is Nc1nc2cccnc2c2c1nc(CCCO)n2CC1(O)CCOCC1. The van der Waals surface area contributed by atoms with E-state index < -0.39 is 5.60 Å². The summed E-state index contributed by atoms with van der Waals surface area (Å²) in [5.74, 6) is 1.13. The lowest BCUT2D eigenvalue weighted by Gasteiger charge is -2.33. The number of aromatic nitrogens is 4. The van der Waals surface area contributed by atoms with Gasteiger partial charge in [0.1, 0.15) is 22.4 Å². The molecule has 8 heteroatoms. The Morgan fingerprint density at radius 1 is 1.23 bits per heavy atom. The minimum Gasteiger partial charge on any atom is -0.396 e. The quantitative estimate of drug-likeness (QED) is 0.624. The van der Waals surface area contributed by atoms with Crippen LogP contribution in [0, 0.1) is 0 Å². The molecule has 0 aromatic carbocycles. The van der Waals surface area contributed by atoms with E-state index in [0.29, 0.717) is 62.3 Å². The molecule has 0 unspecified atom stereocenters. The molecule has 3 aromatic heterocycles. The van der Waals surface area contributed by atoms with Crippen LogP contribution in [0.2, 0.25) is 0 Å². The average Bonchev–Trinajstić information content (AvgIpc) is 2.99. The van der Waals surface area contributed by atoms with Crippen LogP contribution in [0.25, 0.3) is 22.1 Å². The summed E-state index contributed by atoms with van der Waals surface area (Å²) in [6.45, 7) is 1.55. The maximum Gasteiger partial charge on any atom is 0.152 e. The first-order valence-corrected chi connectivity index (χ1v) is 8.92. The number of ether oxygens (including phenoxy) is 1. The summed E-state index contributed by atoms with van der Waals surface area (Å²) in [6.07, 6.45) is 4.03. The first-order chi connectivity index (χ1) is 12.6. The van der Waals surface area contributed by atoms with Gasteiger partial charge in [-0.25, -0.2) is 9.97 Å². The smallest absolute Gasteiger partial charge is 0.152 e. The number of fused-ring (bicyclic) bond motifs is 3. The summed E-state index contributed by atoms with van der Waals surface area (Å²) in [4.78, 5) is 13.6. The number of nitrogens with two attached hydrogens (primary N) is 1. The van der Waals surface area contributed by atoms with Crippen LogP contribution in [0.15, 0.2) is 18.3 Å². The molecule has 0 bridgehead atoms. The van der Waals surface area contributed by atoms with Gasteiger partial charge in [0.25, 0.3) is 0 Å². The van der Waals surface area contributed by atoms with Gasteiger partial charge in [0.2, 0.25) is 0 Å². The zero-order chi connectivity index (χ0) is 18.1. The van der Waals surface area contributed by atoms with Gasteiger partial charge in [-0.1, -0.05) is 0 Å². The Morgan fingerprint density at radius 2 is 2.04 bits per heavy atom. The van der Waals surface area contributed by atoms with Crippen molar-refractivity contribution in [2.75, 3.05) is 25.6 Å². The van der Waals surface area contributed by atoms with E-state index in [9.17, 15) is 10.2 Å². The van der Waals surface area contributed by atoms with Crippen LogP contribution < -0.4 is 5.73 Å². The Kier molecular flexibility index (Phi) is 4.47. The van der Waals surface area contributed by atoms with Gasteiger partial charge in [-0.3, -0.25) is 4.98 Å². The predicted octanol–water partition coefficient (Wildman–Crippen LogP) is 1.03. The first kappa shape index (κ1) is 17.1. The topological polar surface area (TPSA) is 119 Å². The highest BCUT2D eigenvalue weighted by Crippen LogP contribution is 2.31. The van der Waals surface area contributed by atoms with Gasteiger partial charge in [0, 0.05) is 45.3 Å². The zero-order valence-electron chi connectivity index (χ0n) is 14.6. The second-order valence-electron chi connectivity index (χ2n) is 6.84. The molecule has 0 spiro atoms. The van der Waals surface area contributed by atoms with Gasteiger partial charge in [-0.2, -0.15) is 0 Å². The fourth-order valence-corrected chi connectivity index (χ4v) is 3.57. The molecule has 0 atom stereocenters. The third-order valence-corrected chi connectivity index (χ3v) is 4.98. The van der Waals surface area contributed by atoms with Crippen molar-refractivity contribution in [3.63, 3.8) is 0 Å². The second kappa shape index (κ2) is 6.79. The molecule has 138 valence electrons. The third kappa shape index (κ3) is 3.00. The molecule has 0 saturated carbocycles. The molecule has 1 aliphatic heterocycles. The number of aryl methyl sites for hydroxylation is 1. The predicted molar refractivity (Wildman–Crippen MR) is 97.7 cm³/mol. The number of anilines is 1. The highest BCUT2D eigenvalue weighted by atomic mass is 16.5. The molecular weight excluding hydrogens is 334 g/mol. The highest BCUT2D eigenvalue weighted by molar-refractivity contribution is 6.04. The number of pyridine rings is 2. The van der Waals surface area contributed by atoms with Crippen LogP contribution in [-0.2, 0) is 17.7 Å². The molecule has 3 aromatic rings. The maximum absolute atomic E-state index is 11.0. The van der Waals surface area contributed by atoms with Crippen molar-refractivity contribution >= 4 is 27.9 Å². The normalized spacial score (nSPS) is 17.2. The molecule has 26 heavy (non-hydrogen) atoms. The van der Waals surface area contributed by atoms with Crippen molar-refractivity contribution in [1.82, 2.24) is 19.5 Å². The minimum absolute atomic E-state index is 0.0774. The van der Waals surface area contributed by atoms with Crippen LogP contribution in [0.1, 0.15) is 25.1 Å². The van der Waals surface area contributed by atoms with Gasteiger partial charge < -0.3 is 25.3 Å². The first-order valence-electron chi connectivity index (χ1n) is 8.92.